The van der Waals surface area contributed by atoms with Gasteiger partial charge in [0.2, 0.25) is 0 Å². The molecule has 1 fully saturated rings. The Bertz CT molecular complexity index is 446. The van der Waals surface area contributed by atoms with Crippen LogP contribution in [-0.4, -0.2) is 42.0 Å². The van der Waals surface area contributed by atoms with Gasteiger partial charge in [0, 0.05) is 31.7 Å². The van der Waals surface area contributed by atoms with Crippen molar-refractivity contribution in [2.24, 2.45) is 0 Å². The van der Waals surface area contributed by atoms with Crippen molar-refractivity contribution in [1.82, 2.24) is 9.80 Å². The number of benzene rings is 1. The van der Waals surface area contributed by atoms with Crippen molar-refractivity contribution in [3.8, 4) is 6.07 Å². The molecule has 0 amide bonds. The number of hydrogen-bond donors (Lipinski definition) is 0. The number of likely N-dealkylation sites (N-methyl/N-ethyl adjacent to an activating group) is 1. The third-order valence-corrected chi connectivity index (χ3v) is 4.08. The van der Waals surface area contributed by atoms with Crippen LogP contribution in [0.3, 0.4) is 0 Å². The molecule has 1 aliphatic rings. The molecule has 0 saturated carbocycles. The zero-order chi connectivity index (χ0) is 13.8. The molecular formula is C16H23N3. The maximum Gasteiger partial charge on any atom is 0.0638 e. The lowest BCUT2D eigenvalue weighted by atomic mass is 10.0. The van der Waals surface area contributed by atoms with Crippen LogP contribution in [0.2, 0.25) is 0 Å². The second-order valence-electron chi connectivity index (χ2n) is 5.72. The summed E-state index contributed by atoms with van der Waals surface area (Å²) in [5.41, 5.74) is 2.66. The number of aryl methyl sites for hydroxylation is 1. The van der Waals surface area contributed by atoms with Crippen molar-refractivity contribution in [2.75, 3.05) is 20.1 Å². The summed E-state index contributed by atoms with van der Waals surface area (Å²) < 4.78 is 0. The highest BCUT2D eigenvalue weighted by atomic mass is 15.3. The minimum atomic E-state index is 0.367. The molecule has 0 N–H and O–H groups in total. The van der Waals surface area contributed by atoms with Gasteiger partial charge in [0.15, 0.2) is 0 Å². The van der Waals surface area contributed by atoms with Crippen molar-refractivity contribution in [2.45, 2.75) is 38.9 Å². The number of nitriles is 1. The Kier molecular flexibility index (Phi) is 4.57. The van der Waals surface area contributed by atoms with Gasteiger partial charge in [-0.2, -0.15) is 5.26 Å². The van der Waals surface area contributed by atoms with Crippen LogP contribution in [0.25, 0.3) is 0 Å². The number of piperazine rings is 1. The van der Waals surface area contributed by atoms with E-state index in [9.17, 15) is 0 Å². The minimum Gasteiger partial charge on any atom is -0.300 e. The summed E-state index contributed by atoms with van der Waals surface area (Å²) in [6, 6.07) is 12.0. The van der Waals surface area contributed by atoms with Crippen LogP contribution in [0.1, 0.15) is 24.5 Å². The Morgan fingerprint density at radius 3 is 2.58 bits per heavy atom. The first-order valence-corrected chi connectivity index (χ1v) is 6.97. The molecule has 2 rings (SSSR count). The zero-order valence-electron chi connectivity index (χ0n) is 12.1. The van der Waals surface area contributed by atoms with E-state index in [1.807, 2.05) is 0 Å². The van der Waals surface area contributed by atoms with Gasteiger partial charge in [0.05, 0.1) is 12.5 Å². The lowest BCUT2D eigenvalue weighted by Crippen LogP contribution is -2.55. The van der Waals surface area contributed by atoms with Crippen molar-refractivity contribution in [3.05, 3.63) is 35.4 Å². The molecule has 1 heterocycles. The van der Waals surface area contributed by atoms with Gasteiger partial charge >= 0.3 is 0 Å². The fraction of sp³-hybridized carbons (Fsp3) is 0.562. The molecule has 2 atom stereocenters. The number of rotatable bonds is 3. The van der Waals surface area contributed by atoms with Crippen LogP contribution in [0, 0.1) is 18.3 Å². The van der Waals surface area contributed by atoms with E-state index in [2.05, 4.69) is 61.0 Å². The molecule has 0 bridgehead atoms. The molecule has 19 heavy (non-hydrogen) atoms. The van der Waals surface area contributed by atoms with E-state index in [1.54, 1.807) is 0 Å². The lowest BCUT2D eigenvalue weighted by Gasteiger charge is -2.43. The first-order chi connectivity index (χ1) is 9.10. The largest absolute Gasteiger partial charge is 0.300 e. The molecule has 0 radical (unpaired) electrons. The standard InChI is InChI=1S/C16H23N3/c1-13-4-6-15(7-5-13)11-19-12-16(8-9-17)18(3)10-14(19)2/h4-7,14,16H,8,10-12H2,1-3H3. The van der Waals surface area contributed by atoms with Gasteiger partial charge < -0.3 is 0 Å². The normalized spacial score (nSPS) is 25.2. The molecule has 1 aromatic rings. The summed E-state index contributed by atoms with van der Waals surface area (Å²) in [6.07, 6.45) is 0.619. The van der Waals surface area contributed by atoms with Crippen LogP contribution in [-0.2, 0) is 6.54 Å². The molecule has 1 aromatic carbocycles. The highest BCUT2D eigenvalue weighted by molar-refractivity contribution is 5.21. The molecule has 1 saturated heterocycles. The maximum absolute atomic E-state index is 8.91. The molecule has 1 aliphatic heterocycles. The van der Waals surface area contributed by atoms with E-state index in [0.717, 1.165) is 19.6 Å². The van der Waals surface area contributed by atoms with Gasteiger partial charge in [-0.25, -0.2) is 0 Å². The van der Waals surface area contributed by atoms with Crippen molar-refractivity contribution < 1.29 is 0 Å². The van der Waals surface area contributed by atoms with E-state index >= 15 is 0 Å². The lowest BCUT2D eigenvalue weighted by molar-refractivity contribution is 0.0488. The van der Waals surface area contributed by atoms with Gasteiger partial charge in [-0.05, 0) is 26.5 Å². The average Bonchev–Trinajstić information content (AvgIpc) is 2.38. The molecule has 3 nitrogen and oxygen atoms in total. The van der Waals surface area contributed by atoms with Crippen LogP contribution < -0.4 is 0 Å². The Balaban J connectivity index is 2.02. The molecule has 0 aliphatic carbocycles. The highest BCUT2D eigenvalue weighted by Crippen LogP contribution is 2.18. The molecule has 2 unspecified atom stereocenters. The smallest absolute Gasteiger partial charge is 0.0638 e. The summed E-state index contributed by atoms with van der Waals surface area (Å²) >= 11 is 0. The van der Waals surface area contributed by atoms with Crippen LogP contribution in [0.15, 0.2) is 24.3 Å². The third-order valence-electron chi connectivity index (χ3n) is 4.08. The molecule has 0 aromatic heterocycles. The quantitative estimate of drug-likeness (QED) is 0.833. The summed E-state index contributed by atoms with van der Waals surface area (Å²) in [5.74, 6) is 0. The molecule has 0 spiro atoms. The second kappa shape index (κ2) is 6.18. The minimum absolute atomic E-state index is 0.367. The zero-order valence-corrected chi connectivity index (χ0v) is 12.1. The summed E-state index contributed by atoms with van der Waals surface area (Å²) in [5, 5.41) is 8.91. The highest BCUT2D eigenvalue weighted by Gasteiger charge is 2.28. The topological polar surface area (TPSA) is 30.3 Å². The predicted molar refractivity (Wildman–Crippen MR) is 77.7 cm³/mol. The Morgan fingerprint density at radius 2 is 1.95 bits per heavy atom. The maximum atomic E-state index is 8.91. The first kappa shape index (κ1) is 14.0. The molecule has 3 heteroatoms. The van der Waals surface area contributed by atoms with Gasteiger partial charge in [0.1, 0.15) is 0 Å². The Labute approximate surface area is 116 Å². The van der Waals surface area contributed by atoms with Crippen LogP contribution >= 0.6 is 0 Å². The first-order valence-electron chi connectivity index (χ1n) is 6.97. The molecule has 102 valence electrons. The van der Waals surface area contributed by atoms with E-state index in [-0.39, 0.29) is 0 Å². The Morgan fingerprint density at radius 1 is 1.26 bits per heavy atom. The Hall–Kier alpha value is -1.37. The van der Waals surface area contributed by atoms with E-state index in [1.165, 1.54) is 11.1 Å². The summed E-state index contributed by atoms with van der Waals surface area (Å²) in [6.45, 7) is 7.40. The fourth-order valence-corrected chi connectivity index (χ4v) is 2.75. The van der Waals surface area contributed by atoms with Crippen molar-refractivity contribution in [1.29, 1.82) is 5.26 Å². The average molecular weight is 257 g/mol. The van der Waals surface area contributed by atoms with E-state index < -0.39 is 0 Å². The third kappa shape index (κ3) is 3.56. The second-order valence-corrected chi connectivity index (χ2v) is 5.72. The van der Waals surface area contributed by atoms with E-state index in [4.69, 9.17) is 5.26 Å². The van der Waals surface area contributed by atoms with Gasteiger partial charge in [0.25, 0.3) is 0 Å². The fourth-order valence-electron chi connectivity index (χ4n) is 2.75. The van der Waals surface area contributed by atoms with Crippen LogP contribution in [0.5, 0.6) is 0 Å². The van der Waals surface area contributed by atoms with Crippen molar-refractivity contribution in [3.63, 3.8) is 0 Å². The summed E-state index contributed by atoms with van der Waals surface area (Å²) in [4.78, 5) is 4.81. The van der Waals surface area contributed by atoms with Gasteiger partial charge in [-0.15, -0.1) is 0 Å². The van der Waals surface area contributed by atoms with Crippen molar-refractivity contribution >= 4 is 0 Å². The number of hydrogen-bond acceptors (Lipinski definition) is 3. The molecular weight excluding hydrogens is 234 g/mol. The number of nitrogens with zero attached hydrogens (tertiary/aromatic N) is 3. The monoisotopic (exact) mass is 257 g/mol. The predicted octanol–water partition coefficient (Wildman–Crippen LogP) is 2.41. The SMILES string of the molecule is Cc1ccc(CN2CC(CC#N)N(C)CC2C)cc1. The van der Waals surface area contributed by atoms with E-state index in [0.29, 0.717) is 18.5 Å². The van der Waals surface area contributed by atoms with Gasteiger partial charge in [-0.3, -0.25) is 9.80 Å². The van der Waals surface area contributed by atoms with Crippen LogP contribution in [0.4, 0.5) is 0 Å². The van der Waals surface area contributed by atoms with Gasteiger partial charge in [-0.1, -0.05) is 29.8 Å². The summed E-state index contributed by atoms with van der Waals surface area (Å²) in [7, 11) is 2.13.